The van der Waals surface area contributed by atoms with Crippen molar-refractivity contribution in [1.82, 2.24) is 4.90 Å². The van der Waals surface area contributed by atoms with Gasteiger partial charge in [-0.05, 0) is 37.9 Å². The zero-order valence-electron chi connectivity index (χ0n) is 11.8. The minimum Gasteiger partial charge on any atom is -0.389 e. The van der Waals surface area contributed by atoms with Crippen molar-refractivity contribution in [2.75, 3.05) is 26.2 Å². The van der Waals surface area contributed by atoms with Crippen molar-refractivity contribution in [1.29, 1.82) is 0 Å². The predicted molar refractivity (Wildman–Crippen MR) is 77.1 cm³/mol. The van der Waals surface area contributed by atoms with Gasteiger partial charge in [-0.2, -0.15) is 0 Å². The van der Waals surface area contributed by atoms with Gasteiger partial charge in [-0.25, -0.2) is 0 Å². The van der Waals surface area contributed by atoms with E-state index in [2.05, 4.69) is 24.0 Å². The van der Waals surface area contributed by atoms with Crippen LogP contribution in [0.2, 0.25) is 0 Å². The van der Waals surface area contributed by atoms with Gasteiger partial charge in [-0.1, -0.05) is 37.3 Å². The third-order valence-corrected chi connectivity index (χ3v) is 3.70. The summed E-state index contributed by atoms with van der Waals surface area (Å²) in [6.07, 6.45) is 3.16. The summed E-state index contributed by atoms with van der Waals surface area (Å²) in [6.45, 7) is 5.51. The smallest absolute Gasteiger partial charge is 0.0900 e. The monoisotopic (exact) mass is 263 g/mol. The normalized spacial score (nSPS) is 19.5. The Morgan fingerprint density at radius 2 is 1.89 bits per heavy atom. The Morgan fingerprint density at radius 3 is 2.53 bits per heavy atom. The maximum Gasteiger partial charge on any atom is 0.0900 e. The number of aliphatic hydroxyl groups excluding tert-OH is 1. The highest BCUT2D eigenvalue weighted by molar-refractivity contribution is 5.17. The SMILES string of the molecule is CC[C@@H](OC[C@@H](O)CN1CCCC1)c1ccccc1. The first-order chi connectivity index (χ1) is 9.29. The Labute approximate surface area is 116 Å². The molecule has 0 aromatic heterocycles. The van der Waals surface area contributed by atoms with Crippen molar-refractivity contribution in [3.05, 3.63) is 35.9 Å². The second kappa shape index (κ2) is 7.63. The van der Waals surface area contributed by atoms with E-state index in [4.69, 9.17) is 4.74 Å². The van der Waals surface area contributed by atoms with Crippen LogP contribution >= 0.6 is 0 Å². The van der Waals surface area contributed by atoms with Crippen molar-refractivity contribution < 1.29 is 9.84 Å². The van der Waals surface area contributed by atoms with E-state index in [9.17, 15) is 5.11 Å². The average Bonchev–Trinajstić information content (AvgIpc) is 2.93. The first kappa shape index (κ1) is 14.5. The van der Waals surface area contributed by atoms with E-state index in [1.807, 2.05) is 18.2 Å². The fourth-order valence-electron chi connectivity index (χ4n) is 2.66. The molecule has 0 spiro atoms. The van der Waals surface area contributed by atoms with Gasteiger partial charge in [0.15, 0.2) is 0 Å². The topological polar surface area (TPSA) is 32.7 Å². The summed E-state index contributed by atoms with van der Waals surface area (Å²) in [7, 11) is 0. The van der Waals surface area contributed by atoms with Crippen molar-refractivity contribution in [3.8, 4) is 0 Å². The molecule has 1 aromatic carbocycles. The molecule has 1 aromatic rings. The highest BCUT2D eigenvalue weighted by Crippen LogP contribution is 2.20. The molecule has 1 fully saturated rings. The van der Waals surface area contributed by atoms with E-state index in [1.165, 1.54) is 18.4 Å². The molecule has 1 saturated heterocycles. The highest BCUT2D eigenvalue weighted by atomic mass is 16.5. The summed E-state index contributed by atoms with van der Waals surface area (Å²) < 4.78 is 5.87. The lowest BCUT2D eigenvalue weighted by molar-refractivity contribution is -0.0215. The number of benzene rings is 1. The van der Waals surface area contributed by atoms with Crippen LogP contribution in [0, 0.1) is 0 Å². The van der Waals surface area contributed by atoms with Gasteiger partial charge in [0.2, 0.25) is 0 Å². The zero-order chi connectivity index (χ0) is 13.5. The number of hydrogen-bond acceptors (Lipinski definition) is 3. The number of β-amino-alcohol motifs (C(OH)–C–C–N with tert-alkyl or cyclic N) is 1. The van der Waals surface area contributed by atoms with Crippen LogP contribution in [0.5, 0.6) is 0 Å². The highest BCUT2D eigenvalue weighted by Gasteiger charge is 2.17. The Kier molecular flexibility index (Phi) is 5.83. The van der Waals surface area contributed by atoms with Gasteiger partial charge in [0.25, 0.3) is 0 Å². The summed E-state index contributed by atoms with van der Waals surface area (Å²) in [5.41, 5.74) is 1.19. The third-order valence-electron chi connectivity index (χ3n) is 3.70. The molecule has 3 nitrogen and oxygen atoms in total. The molecule has 3 heteroatoms. The van der Waals surface area contributed by atoms with Gasteiger partial charge in [-0.3, -0.25) is 0 Å². The fraction of sp³-hybridized carbons (Fsp3) is 0.625. The molecule has 106 valence electrons. The molecule has 0 unspecified atom stereocenters. The van der Waals surface area contributed by atoms with Crippen LogP contribution in [0.15, 0.2) is 30.3 Å². The van der Waals surface area contributed by atoms with Crippen LogP contribution in [0.4, 0.5) is 0 Å². The molecule has 0 bridgehead atoms. The molecule has 0 saturated carbocycles. The van der Waals surface area contributed by atoms with Gasteiger partial charge in [0, 0.05) is 6.54 Å². The molecule has 19 heavy (non-hydrogen) atoms. The van der Waals surface area contributed by atoms with E-state index >= 15 is 0 Å². The van der Waals surface area contributed by atoms with Gasteiger partial charge in [0.1, 0.15) is 0 Å². The summed E-state index contributed by atoms with van der Waals surface area (Å²) >= 11 is 0. The van der Waals surface area contributed by atoms with Gasteiger partial charge < -0.3 is 14.7 Å². The molecule has 1 aliphatic rings. The van der Waals surface area contributed by atoms with Crippen molar-refractivity contribution >= 4 is 0 Å². The Morgan fingerprint density at radius 1 is 1.21 bits per heavy atom. The summed E-state index contributed by atoms with van der Waals surface area (Å²) in [5.74, 6) is 0. The van der Waals surface area contributed by atoms with Crippen LogP contribution < -0.4 is 0 Å². The fourth-order valence-corrected chi connectivity index (χ4v) is 2.66. The maximum atomic E-state index is 10.0. The summed E-state index contributed by atoms with van der Waals surface area (Å²) in [4.78, 5) is 2.32. The van der Waals surface area contributed by atoms with E-state index in [-0.39, 0.29) is 12.2 Å². The minimum atomic E-state index is -0.379. The third kappa shape index (κ3) is 4.60. The second-order valence-corrected chi connectivity index (χ2v) is 5.30. The van der Waals surface area contributed by atoms with E-state index < -0.39 is 0 Å². The van der Waals surface area contributed by atoms with Crippen LogP contribution in [-0.2, 0) is 4.74 Å². The zero-order valence-corrected chi connectivity index (χ0v) is 11.8. The largest absolute Gasteiger partial charge is 0.389 e. The molecule has 1 heterocycles. The number of hydrogen-bond donors (Lipinski definition) is 1. The average molecular weight is 263 g/mol. The second-order valence-electron chi connectivity index (χ2n) is 5.30. The predicted octanol–water partition coefficient (Wildman–Crippen LogP) is 2.61. The minimum absolute atomic E-state index is 0.0921. The van der Waals surface area contributed by atoms with Crippen LogP contribution in [-0.4, -0.2) is 42.4 Å². The van der Waals surface area contributed by atoms with E-state index in [0.717, 1.165) is 26.1 Å². The first-order valence-electron chi connectivity index (χ1n) is 7.36. The van der Waals surface area contributed by atoms with Crippen molar-refractivity contribution in [2.24, 2.45) is 0 Å². The molecule has 0 amide bonds. The van der Waals surface area contributed by atoms with E-state index in [0.29, 0.717) is 6.61 Å². The lowest BCUT2D eigenvalue weighted by Crippen LogP contribution is -2.33. The molecule has 0 radical (unpaired) electrons. The number of likely N-dealkylation sites (tertiary alicyclic amines) is 1. The first-order valence-corrected chi connectivity index (χ1v) is 7.36. The molecule has 1 aliphatic heterocycles. The summed E-state index contributed by atoms with van der Waals surface area (Å²) in [6, 6.07) is 10.2. The Balaban J connectivity index is 1.76. The van der Waals surface area contributed by atoms with E-state index in [1.54, 1.807) is 0 Å². The molecule has 2 rings (SSSR count). The number of rotatable bonds is 7. The number of nitrogens with zero attached hydrogens (tertiary/aromatic N) is 1. The van der Waals surface area contributed by atoms with Crippen molar-refractivity contribution in [3.63, 3.8) is 0 Å². The van der Waals surface area contributed by atoms with Crippen LogP contribution in [0.1, 0.15) is 37.9 Å². The molecular weight excluding hydrogens is 238 g/mol. The standard InChI is InChI=1S/C16H25NO2/c1-2-16(14-8-4-3-5-9-14)19-13-15(18)12-17-10-6-7-11-17/h3-5,8-9,15-16,18H,2,6-7,10-13H2,1H3/t15-,16+/m0/s1. The lowest BCUT2D eigenvalue weighted by atomic mass is 10.1. The Hall–Kier alpha value is -0.900. The maximum absolute atomic E-state index is 10.0. The molecule has 0 aliphatic carbocycles. The van der Waals surface area contributed by atoms with Crippen molar-refractivity contribution in [2.45, 2.75) is 38.4 Å². The Bertz CT molecular complexity index is 349. The van der Waals surface area contributed by atoms with Gasteiger partial charge >= 0.3 is 0 Å². The number of ether oxygens (including phenoxy) is 1. The molecule has 2 atom stereocenters. The van der Waals surface area contributed by atoms with Crippen LogP contribution in [0.3, 0.4) is 0 Å². The molecule has 1 N–H and O–H groups in total. The van der Waals surface area contributed by atoms with Crippen LogP contribution in [0.25, 0.3) is 0 Å². The van der Waals surface area contributed by atoms with Gasteiger partial charge in [-0.15, -0.1) is 0 Å². The quantitative estimate of drug-likeness (QED) is 0.821. The molecular formula is C16H25NO2. The number of aliphatic hydroxyl groups is 1. The summed E-state index contributed by atoms with van der Waals surface area (Å²) in [5, 5.41) is 10.0. The van der Waals surface area contributed by atoms with Gasteiger partial charge in [0.05, 0.1) is 18.8 Å². The lowest BCUT2D eigenvalue weighted by Gasteiger charge is -2.22.